The zero-order valence-corrected chi connectivity index (χ0v) is 10.1. The summed E-state index contributed by atoms with van der Waals surface area (Å²) in [6, 6.07) is 9.37. The summed E-state index contributed by atoms with van der Waals surface area (Å²) in [4.78, 5) is 4.05. The van der Waals surface area contributed by atoms with Crippen molar-refractivity contribution in [3.63, 3.8) is 0 Å². The molecule has 4 nitrogen and oxygen atoms in total. The minimum atomic E-state index is 0.557. The fraction of sp³-hybridized carbons (Fsp3) is 0.143. The lowest BCUT2D eigenvalue weighted by atomic mass is 10.1. The van der Waals surface area contributed by atoms with E-state index in [0.29, 0.717) is 17.8 Å². The van der Waals surface area contributed by atoms with E-state index in [-0.39, 0.29) is 0 Å². The van der Waals surface area contributed by atoms with Crippen molar-refractivity contribution in [2.75, 3.05) is 11.1 Å². The van der Waals surface area contributed by atoms with E-state index < -0.39 is 0 Å². The second-order valence-electron chi connectivity index (χ2n) is 4.07. The van der Waals surface area contributed by atoms with Crippen LogP contribution in [0.1, 0.15) is 16.7 Å². The standard InChI is InChI=1S/C14H14N4/c1-10-8-17-5-4-11(10)9-18-14-3-2-13(16)6-12(14)7-15/h2-6,8,18H,9,16H2,1H3. The molecule has 2 aromatic rings. The highest BCUT2D eigenvalue weighted by atomic mass is 14.9. The number of rotatable bonds is 3. The molecule has 2 rings (SSSR count). The third-order valence-electron chi connectivity index (χ3n) is 2.77. The van der Waals surface area contributed by atoms with Crippen LogP contribution in [0.15, 0.2) is 36.7 Å². The van der Waals surface area contributed by atoms with Gasteiger partial charge < -0.3 is 11.1 Å². The first-order valence-corrected chi connectivity index (χ1v) is 5.63. The highest BCUT2D eigenvalue weighted by Gasteiger charge is 2.03. The van der Waals surface area contributed by atoms with Gasteiger partial charge in [0.15, 0.2) is 0 Å². The van der Waals surface area contributed by atoms with Crippen LogP contribution in [-0.4, -0.2) is 4.98 Å². The van der Waals surface area contributed by atoms with Crippen LogP contribution in [-0.2, 0) is 6.54 Å². The highest BCUT2D eigenvalue weighted by Crippen LogP contribution is 2.19. The van der Waals surface area contributed by atoms with Gasteiger partial charge in [0, 0.05) is 24.6 Å². The summed E-state index contributed by atoms with van der Waals surface area (Å²) in [7, 11) is 0. The molecule has 1 aromatic heterocycles. The predicted molar refractivity (Wildman–Crippen MR) is 71.9 cm³/mol. The molecule has 1 aromatic carbocycles. The van der Waals surface area contributed by atoms with Crippen molar-refractivity contribution in [3.8, 4) is 6.07 Å². The second kappa shape index (κ2) is 5.19. The molecule has 0 atom stereocenters. The number of nitrogen functional groups attached to an aromatic ring is 1. The van der Waals surface area contributed by atoms with Crippen LogP contribution < -0.4 is 11.1 Å². The lowest BCUT2D eigenvalue weighted by Crippen LogP contribution is -2.03. The molecule has 0 bridgehead atoms. The molecule has 1 heterocycles. The number of benzene rings is 1. The molecular weight excluding hydrogens is 224 g/mol. The zero-order chi connectivity index (χ0) is 13.0. The second-order valence-corrected chi connectivity index (χ2v) is 4.07. The summed E-state index contributed by atoms with van der Waals surface area (Å²) < 4.78 is 0. The topological polar surface area (TPSA) is 74.7 Å². The van der Waals surface area contributed by atoms with Crippen LogP contribution in [0.5, 0.6) is 0 Å². The summed E-state index contributed by atoms with van der Waals surface area (Å²) >= 11 is 0. The molecule has 3 N–H and O–H groups in total. The van der Waals surface area contributed by atoms with E-state index in [2.05, 4.69) is 16.4 Å². The van der Waals surface area contributed by atoms with Crippen LogP contribution >= 0.6 is 0 Å². The van der Waals surface area contributed by atoms with Crippen LogP contribution in [0, 0.1) is 18.3 Å². The number of aryl methyl sites for hydroxylation is 1. The summed E-state index contributed by atoms with van der Waals surface area (Å²) in [6.07, 6.45) is 3.59. The van der Waals surface area contributed by atoms with E-state index in [0.717, 1.165) is 16.8 Å². The summed E-state index contributed by atoms with van der Waals surface area (Å²) in [5.41, 5.74) is 9.88. The molecule has 0 saturated heterocycles. The number of hydrogen-bond acceptors (Lipinski definition) is 4. The molecule has 0 amide bonds. The number of nitrogens with zero attached hydrogens (tertiary/aromatic N) is 2. The lowest BCUT2D eigenvalue weighted by Gasteiger charge is -2.10. The number of nitriles is 1. The van der Waals surface area contributed by atoms with Gasteiger partial charge in [-0.1, -0.05) is 0 Å². The summed E-state index contributed by atoms with van der Waals surface area (Å²) in [5, 5.41) is 12.3. The van der Waals surface area contributed by atoms with Gasteiger partial charge in [-0.3, -0.25) is 4.98 Å². The van der Waals surface area contributed by atoms with E-state index in [1.54, 1.807) is 18.3 Å². The van der Waals surface area contributed by atoms with Gasteiger partial charge in [-0.25, -0.2) is 0 Å². The first kappa shape index (κ1) is 11.9. The molecule has 0 aliphatic carbocycles. The van der Waals surface area contributed by atoms with Gasteiger partial charge in [0.05, 0.1) is 11.3 Å². The van der Waals surface area contributed by atoms with Gasteiger partial charge in [0.2, 0.25) is 0 Å². The Morgan fingerprint density at radius 3 is 2.94 bits per heavy atom. The van der Waals surface area contributed by atoms with Gasteiger partial charge in [-0.2, -0.15) is 5.26 Å². The van der Waals surface area contributed by atoms with Crippen molar-refractivity contribution in [2.45, 2.75) is 13.5 Å². The van der Waals surface area contributed by atoms with Crippen LogP contribution in [0.3, 0.4) is 0 Å². The fourth-order valence-electron chi connectivity index (χ4n) is 1.70. The van der Waals surface area contributed by atoms with Gasteiger partial charge in [-0.05, 0) is 42.3 Å². The Hall–Kier alpha value is -2.54. The first-order chi connectivity index (χ1) is 8.70. The Balaban J connectivity index is 2.16. The van der Waals surface area contributed by atoms with Crippen LogP contribution in [0.4, 0.5) is 11.4 Å². The molecule has 0 radical (unpaired) electrons. The SMILES string of the molecule is Cc1cnccc1CNc1ccc(N)cc1C#N. The minimum absolute atomic E-state index is 0.557. The van der Waals surface area contributed by atoms with E-state index in [1.807, 2.05) is 25.3 Å². The number of nitrogens with one attached hydrogen (secondary N) is 1. The number of aromatic nitrogens is 1. The normalized spacial score (nSPS) is 9.78. The Labute approximate surface area is 106 Å². The van der Waals surface area contributed by atoms with Gasteiger partial charge in [-0.15, -0.1) is 0 Å². The first-order valence-electron chi connectivity index (χ1n) is 5.63. The van der Waals surface area contributed by atoms with Crippen molar-refractivity contribution in [3.05, 3.63) is 53.3 Å². The molecule has 0 fully saturated rings. The number of pyridine rings is 1. The van der Waals surface area contributed by atoms with Gasteiger partial charge in [0.25, 0.3) is 0 Å². The van der Waals surface area contributed by atoms with Crippen molar-refractivity contribution in [2.24, 2.45) is 0 Å². The molecule has 0 aliphatic rings. The average Bonchev–Trinajstić information content (AvgIpc) is 2.39. The number of anilines is 2. The maximum absolute atomic E-state index is 9.04. The third kappa shape index (κ3) is 2.58. The van der Waals surface area contributed by atoms with Crippen LogP contribution in [0.2, 0.25) is 0 Å². The van der Waals surface area contributed by atoms with E-state index in [1.165, 1.54) is 0 Å². The molecule has 0 saturated carbocycles. The quantitative estimate of drug-likeness (QED) is 0.805. The maximum Gasteiger partial charge on any atom is 0.101 e. The third-order valence-corrected chi connectivity index (χ3v) is 2.77. The largest absolute Gasteiger partial charge is 0.399 e. The lowest BCUT2D eigenvalue weighted by molar-refractivity contribution is 1.09. The molecule has 0 aliphatic heterocycles. The number of hydrogen-bond donors (Lipinski definition) is 2. The molecule has 4 heteroatoms. The van der Waals surface area contributed by atoms with Crippen LogP contribution in [0.25, 0.3) is 0 Å². The van der Waals surface area contributed by atoms with Gasteiger partial charge in [0.1, 0.15) is 6.07 Å². The molecule has 18 heavy (non-hydrogen) atoms. The van der Waals surface area contributed by atoms with Crippen molar-refractivity contribution in [1.82, 2.24) is 4.98 Å². The van der Waals surface area contributed by atoms with E-state index in [4.69, 9.17) is 11.0 Å². The van der Waals surface area contributed by atoms with Crippen molar-refractivity contribution < 1.29 is 0 Å². The molecular formula is C14H14N4. The van der Waals surface area contributed by atoms with Crippen molar-refractivity contribution >= 4 is 11.4 Å². The smallest absolute Gasteiger partial charge is 0.101 e. The summed E-state index contributed by atoms with van der Waals surface area (Å²) in [5.74, 6) is 0. The van der Waals surface area contributed by atoms with Gasteiger partial charge >= 0.3 is 0 Å². The van der Waals surface area contributed by atoms with E-state index in [9.17, 15) is 0 Å². The summed E-state index contributed by atoms with van der Waals surface area (Å²) in [6.45, 7) is 2.67. The average molecular weight is 238 g/mol. The zero-order valence-electron chi connectivity index (χ0n) is 10.1. The highest BCUT2D eigenvalue weighted by molar-refractivity contribution is 5.63. The Bertz CT molecular complexity index is 599. The van der Waals surface area contributed by atoms with Crippen molar-refractivity contribution in [1.29, 1.82) is 5.26 Å². The molecule has 0 spiro atoms. The Morgan fingerprint density at radius 2 is 2.22 bits per heavy atom. The minimum Gasteiger partial charge on any atom is -0.399 e. The number of nitrogens with two attached hydrogens (primary N) is 1. The monoisotopic (exact) mass is 238 g/mol. The molecule has 0 unspecified atom stereocenters. The molecule has 90 valence electrons. The Kier molecular flexibility index (Phi) is 3.44. The van der Waals surface area contributed by atoms with E-state index >= 15 is 0 Å². The Morgan fingerprint density at radius 1 is 1.39 bits per heavy atom. The maximum atomic E-state index is 9.04. The fourth-order valence-corrected chi connectivity index (χ4v) is 1.70. The predicted octanol–water partition coefficient (Wildman–Crippen LogP) is 2.46.